The summed E-state index contributed by atoms with van der Waals surface area (Å²) in [5.41, 5.74) is 0.192. The molecule has 4 nitrogen and oxygen atoms in total. The summed E-state index contributed by atoms with van der Waals surface area (Å²) in [5.74, 6) is 2.53. The predicted octanol–water partition coefficient (Wildman–Crippen LogP) is 1.57. The third-order valence-electron chi connectivity index (χ3n) is 5.09. The zero-order valence-corrected chi connectivity index (χ0v) is 13.0. The molecule has 3 aliphatic rings. The Morgan fingerprint density at radius 2 is 1.95 bits per heavy atom. The number of ether oxygens (including phenoxy) is 1. The molecule has 0 aromatic carbocycles. The molecule has 20 heavy (non-hydrogen) atoms. The van der Waals surface area contributed by atoms with Gasteiger partial charge in [0.15, 0.2) is 0 Å². The third-order valence-corrected chi connectivity index (χ3v) is 6.07. The normalized spacial score (nSPS) is 32.0. The number of hydrogen-bond donors (Lipinski definition) is 0. The average molecular weight is 295 g/mol. The van der Waals surface area contributed by atoms with Gasteiger partial charge in [0.1, 0.15) is 0 Å². The largest absolute Gasteiger partial charge is 0.375 e. The Morgan fingerprint density at radius 1 is 1.20 bits per heavy atom. The van der Waals surface area contributed by atoms with Crippen molar-refractivity contribution in [1.29, 1.82) is 5.26 Å². The third kappa shape index (κ3) is 3.30. The first-order valence-corrected chi connectivity index (χ1v) is 9.02. The molecular weight excluding hydrogens is 270 g/mol. The summed E-state index contributed by atoms with van der Waals surface area (Å²) in [7, 11) is 0. The van der Waals surface area contributed by atoms with E-state index in [1.54, 1.807) is 0 Å². The van der Waals surface area contributed by atoms with Crippen molar-refractivity contribution in [2.75, 3.05) is 50.8 Å². The highest BCUT2D eigenvalue weighted by Crippen LogP contribution is 2.39. The summed E-state index contributed by atoms with van der Waals surface area (Å²) >= 11 is 2.07. The minimum absolute atomic E-state index is 0.192. The van der Waals surface area contributed by atoms with Crippen molar-refractivity contribution >= 4 is 11.8 Å². The van der Waals surface area contributed by atoms with Crippen LogP contribution in [0, 0.1) is 11.3 Å². The lowest BCUT2D eigenvalue weighted by Gasteiger charge is -2.48. The van der Waals surface area contributed by atoms with E-state index in [0.29, 0.717) is 12.6 Å². The molecule has 3 rings (SSSR count). The summed E-state index contributed by atoms with van der Waals surface area (Å²) < 4.78 is 6.19. The van der Waals surface area contributed by atoms with Gasteiger partial charge in [0.25, 0.3) is 0 Å². The van der Waals surface area contributed by atoms with Crippen molar-refractivity contribution in [2.45, 2.75) is 37.3 Å². The van der Waals surface area contributed by atoms with Gasteiger partial charge in [0, 0.05) is 38.8 Å². The summed E-state index contributed by atoms with van der Waals surface area (Å²) in [6.45, 7) is 5.87. The van der Waals surface area contributed by atoms with Gasteiger partial charge in [0.2, 0.25) is 0 Å². The molecule has 0 saturated carbocycles. The topological polar surface area (TPSA) is 39.5 Å². The van der Waals surface area contributed by atoms with Gasteiger partial charge in [-0.05, 0) is 37.2 Å². The van der Waals surface area contributed by atoms with Crippen LogP contribution < -0.4 is 0 Å². The monoisotopic (exact) mass is 295 g/mol. The van der Waals surface area contributed by atoms with Crippen LogP contribution in [0.15, 0.2) is 0 Å². The van der Waals surface area contributed by atoms with Gasteiger partial charge in [-0.1, -0.05) is 0 Å². The first-order valence-electron chi connectivity index (χ1n) is 7.86. The molecule has 0 aliphatic carbocycles. The van der Waals surface area contributed by atoms with Crippen LogP contribution in [0.25, 0.3) is 0 Å². The SMILES string of the molecule is N#CCN1CCN(C2CCOC3(CCSCC3)C2)CC1. The molecule has 3 heterocycles. The Kier molecular flexibility index (Phi) is 4.87. The lowest BCUT2D eigenvalue weighted by atomic mass is 9.84. The first kappa shape index (κ1) is 14.6. The molecule has 1 spiro atoms. The Balaban J connectivity index is 1.54. The Morgan fingerprint density at radius 3 is 2.65 bits per heavy atom. The van der Waals surface area contributed by atoms with Crippen LogP contribution in [-0.2, 0) is 4.74 Å². The number of thioether (sulfide) groups is 1. The van der Waals surface area contributed by atoms with Gasteiger partial charge in [0.05, 0.1) is 18.2 Å². The van der Waals surface area contributed by atoms with Crippen molar-refractivity contribution < 1.29 is 4.74 Å². The molecule has 3 fully saturated rings. The summed E-state index contributed by atoms with van der Waals surface area (Å²) in [4.78, 5) is 4.92. The number of nitriles is 1. The highest BCUT2D eigenvalue weighted by Gasteiger charge is 2.40. The molecule has 0 aromatic heterocycles. The van der Waals surface area contributed by atoms with Gasteiger partial charge in [-0.15, -0.1) is 0 Å². The second-order valence-corrected chi connectivity index (χ2v) is 7.49. The van der Waals surface area contributed by atoms with Crippen LogP contribution in [-0.4, -0.2) is 72.3 Å². The number of piperazine rings is 1. The van der Waals surface area contributed by atoms with Crippen LogP contribution in [0.3, 0.4) is 0 Å². The molecule has 0 amide bonds. The summed E-state index contributed by atoms with van der Waals surface area (Å²) in [6, 6.07) is 2.97. The van der Waals surface area contributed by atoms with Gasteiger partial charge in [-0.25, -0.2) is 0 Å². The maximum atomic E-state index is 8.78. The van der Waals surface area contributed by atoms with Crippen molar-refractivity contribution in [3.8, 4) is 6.07 Å². The second-order valence-electron chi connectivity index (χ2n) is 6.26. The predicted molar refractivity (Wildman–Crippen MR) is 81.9 cm³/mol. The van der Waals surface area contributed by atoms with Crippen molar-refractivity contribution in [2.24, 2.45) is 0 Å². The molecule has 0 aromatic rings. The van der Waals surface area contributed by atoms with Crippen LogP contribution in [0.4, 0.5) is 0 Å². The number of hydrogen-bond acceptors (Lipinski definition) is 5. The van der Waals surface area contributed by atoms with Gasteiger partial charge in [-0.2, -0.15) is 17.0 Å². The van der Waals surface area contributed by atoms with Gasteiger partial charge < -0.3 is 4.74 Å². The lowest BCUT2D eigenvalue weighted by molar-refractivity contribution is -0.113. The highest BCUT2D eigenvalue weighted by atomic mass is 32.2. The van der Waals surface area contributed by atoms with Gasteiger partial charge >= 0.3 is 0 Å². The van der Waals surface area contributed by atoms with E-state index in [1.165, 1.54) is 37.2 Å². The molecule has 112 valence electrons. The fourth-order valence-corrected chi connectivity index (χ4v) is 5.03. The summed E-state index contributed by atoms with van der Waals surface area (Å²) in [6.07, 6.45) is 4.89. The van der Waals surface area contributed by atoms with E-state index in [-0.39, 0.29) is 5.60 Å². The van der Waals surface area contributed by atoms with Crippen molar-refractivity contribution in [3.05, 3.63) is 0 Å². The maximum absolute atomic E-state index is 8.78. The molecule has 1 unspecified atom stereocenters. The van der Waals surface area contributed by atoms with E-state index in [1.807, 2.05) is 0 Å². The van der Waals surface area contributed by atoms with E-state index in [0.717, 1.165) is 32.8 Å². The standard InChI is InChI=1S/C15H25N3OS/c16-4-5-17-6-8-18(9-7-17)14-1-10-19-15(13-14)2-11-20-12-3-15/h14H,1-3,5-13H2. The van der Waals surface area contributed by atoms with E-state index >= 15 is 0 Å². The molecule has 1 atom stereocenters. The lowest BCUT2D eigenvalue weighted by Crippen LogP contribution is -2.55. The zero-order valence-electron chi connectivity index (χ0n) is 12.2. The van der Waals surface area contributed by atoms with E-state index in [4.69, 9.17) is 10.00 Å². The average Bonchev–Trinajstić information content (AvgIpc) is 2.49. The minimum atomic E-state index is 0.192. The minimum Gasteiger partial charge on any atom is -0.375 e. The molecule has 5 heteroatoms. The van der Waals surface area contributed by atoms with Crippen LogP contribution in [0.5, 0.6) is 0 Å². The molecular formula is C15H25N3OS. The Hall–Kier alpha value is -0.280. The van der Waals surface area contributed by atoms with Gasteiger partial charge in [-0.3, -0.25) is 9.80 Å². The number of nitrogens with zero attached hydrogens (tertiary/aromatic N) is 3. The maximum Gasteiger partial charge on any atom is 0.0866 e. The van der Waals surface area contributed by atoms with E-state index in [9.17, 15) is 0 Å². The quantitative estimate of drug-likeness (QED) is 0.723. The Labute approximate surface area is 126 Å². The van der Waals surface area contributed by atoms with Crippen LogP contribution in [0.2, 0.25) is 0 Å². The fourth-order valence-electron chi connectivity index (χ4n) is 3.79. The molecule has 3 aliphatic heterocycles. The smallest absolute Gasteiger partial charge is 0.0866 e. The molecule has 0 N–H and O–H groups in total. The number of rotatable bonds is 2. The van der Waals surface area contributed by atoms with Crippen LogP contribution in [0.1, 0.15) is 25.7 Å². The molecule has 3 saturated heterocycles. The second kappa shape index (κ2) is 6.65. The van der Waals surface area contributed by atoms with Crippen molar-refractivity contribution in [1.82, 2.24) is 9.80 Å². The van der Waals surface area contributed by atoms with E-state index < -0.39 is 0 Å². The highest BCUT2D eigenvalue weighted by molar-refractivity contribution is 7.99. The molecule has 0 bridgehead atoms. The zero-order chi connectivity index (χ0) is 13.8. The van der Waals surface area contributed by atoms with Crippen molar-refractivity contribution in [3.63, 3.8) is 0 Å². The molecule has 0 radical (unpaired) electrons. The first-order chi connectivity index (χ1) is 9.81. The Bertz CT molecular complexity index is 351. The van der Waals surface area contributed by atoms with Crippen LogP contribution >= 0.6 is 11.8 Å². The summed E-state index contributed by atoms with van der Waals surface area (Å²) in [5, 5.41) is 8.78. The van der Waals surface area contributed by atoms with E-state index in [2.05, 4.69) is 27.6 Å². The fraction of sp³-hybridized carbons (Fsp3) is 0.933.